The van der Waals surface area contributed by atoms with Crippen molar-refractivity contribution in [2.24, 2.45) is 0 Å². The molecule has 1 heterocycles. The minimum Gasteiger partial charge on any atom is -0.494 e. The number of nitrogens with zero attached hydrogens (tertiary/aromatic N) is 2. The Balaban J connectivity index is 1.55. The van der Waals surface area contributed by atoms with Crippen LogP contribution in [-0.2, 0) is 4.79 Å². The van der Waals surface area contributed by atoms with E-state index < -0.39 is 0 Å². The molecular weight excluding hydrogens is 392 g/mol. The molecule has 2 aromatic rings. The van der Waals surface area contributed by atoms with Crippen LogP contribution >= 0.6 is 0 Å². The maximum absolute atomic E-state index is 12.6. The lowest BCUT2D eigenvalue weighted by atomic mass is 10.1. The van der Waals surface area contributed by atoms with Gasteiger partial charge in [-0.25, -0.2) is 0 Å². The molecule has 166 valence electrons. The van der Waals surface area contributed by atoms with Gasteiger partial charge in [-0.2, -0.15) is 0 Å². The van der Waals surface area contributed by atoms with Gasteiger partial charge in [-0.1, -0.05) is 30.3 Å². The molecule has 1 unspecified atom stereocenters. The van der Waals surface area contributed by atoms with Crippen molar-refractivity contribution in [2.75, 3.05) is 52.9 Å². The van der Waals surface area contributed by atoms with E-state index in [1.165, 1.54) is 0 Å². The summed E-state index contributed by atoms with van der Waals surface area (Å²) in [5.74, 6) is 0.224. The highest BCUT2D eigenvalue weighted by atomic mass is 16.5. The van der Waals surface area contributed by atoms with Crippen molar-refractivity contribution in [2.45, 2.75) is 13.0 Å². The highest BCUT2D eigenvalue weighted by Gasteiger charge is 2.21. The minimum absolute atomic E-state index is 0.0713. The van der Waals surface area contributed by atoms with Crippen LogP contribution in [0.5, 0.6) is 5.75 Å². The molecule has 0 aliphatic carbocycles. The second-order valence-corrected chi connectivity index (χ2v) is 7.77. The zero-order chi connectivity index (χ0) is 22.1. The zero-order valence-electron chi connectivity index (χ0n) is 18.3. The molecule has 0 radical (unpaired) electrons. The van der Waals surface area contributed by atoms with E-state index in [1.54, 1.807) is 24.3 Å². The molecule has 1 fully saturated rings. The van der Waals surface area contributed by atoms with Crippen molar-refractivity contribution in [3.8, 4) is 5.75 Å². The Labute approximate surface area is 184 Å². The number of rotatable bonds is 9. The van der Waals surface area contributed by atoms with Crippen LogP contribution in [0.15, 0.2) is 54.6 Å². The quantitative estimate of drug-likeness (QED) is 0.643. The third-order valence-electron chi connectivity index (χ3n) is 5.41. The molecule has 2 amide bonds. The molecule has 0 bridgehead atoms. The summed E-state index contributed by atoms with van der Waals surface area (Å²) in [6.45, 7) is 7.15. The van der Waals surface area contributed by atoms with Gasteiger partial charge >= 0.3 is 0 Å². The number of piperazine rings is 1. The van der Waals surface area contributed by atoms with Gasteiger partial charge in [0.2, 0.25) is 5.91 Å². The van der Waals surface area contributed by atoms with Gasteiger partial charge in [-0.3, -0.25) is 14.5 Å². The summed E-state index contributed by atoms with van der Waals surface area (Å²) in [7, 11) is 2.13. The molecule has 1 atom stereocenters. The summed E-state index contributed by atoms with van der Waals surface area (Å²) in [6, 6.07) is 16.7. The molecular formula is C24H32N4O3. The van der Waals surface area contributed by atoms with Crippen LogP contribution in [0.25, 0.3) is 0 Å². The molecule has 1 aliphatic heterocycles. The van der Waals surface area contributed by atoms with Gasteiger partial charge in [0.1, 0.15) is 5.75 Å². The predicted octanol–water partition coefficient (Wildman–Crippen LogP) is 1.92. The smallest absolute Gasteiger partial charge is 0.251 e. The summed E-state index contributed by atoms with van der Waals surface area (Å²) in [5, 5.41) is 5.80. The highest BCUT2D eigenvalue weighted by Crippen LogP contribution is 2.16. The standard InChI is InChI=1S/C24H32N4O3/c1-3-31-21-11-9-20(10-12-21)24(30)25-17-23(29)26-22(19-7-5-4-6-8-19)18-28-15-13-27(2)14-16-28/h4-12,22H,3,13-18H2,1-2H3,(H,25,30)(H,26,29). The van der Waals surface area contributed by atoms with E-state index in [0.717, 1.165) is 38.3 Å². The van der Waals surface area contributed by atoms with E-state index in [2.05, 4.69) is 27.5 Å². The number of carbonyl (C=O) groups excluding carboxylic acids is 2. The van der Waals surface area contributed by atoms with Gasteiger partial charge in [0.25, 0.3) is 5.91 Å². The molecule has 7 nitrogen and oxygen atoms in total. The average Bonchev–Trinajstić information content (AvgIpc) is 2.80. The molecule has 0 saturated carbocycles. The lowest BCUT2D eigenvalue weighted by molar-refractivity contribution is -0.121. The summed E-state index contributed by atoms with van der Waals surface area (Å²) in [4.78, 5) is 29.7. The fraction of sp³-hybridized carbons (Fsp3) is 0.417. The van der Waals surface area contributed by atoms with Crippen molar-refractivity contribution < 1.29 is 14.3 Å². The van der Waals surface area contributed by atoms with Crippen molar-refractivity contribution in [1.29, 1.82) is 0 Å². The number of nitrogens with one attached hydrogen (secondary N) is 2. The number of hydrogen-bond donors (Lipinski definition) is 2. The Hall–Kier alpha value is -2.90. The first-order chi connectivity index (χ1) is 15.0. The SMILES string of the molecule is CCOc1ccc(C(=O)NCC(=O)NC(CN2CCN(C)CC2)c2ccccc2)cc1. The fourth-order valence-corrected chi connectivity index (χ4v) is 3.59. The highest BCUT2D eigenvalue weighted by molar-refractivity contribution is 5.96. The van der Waals surface area contributed by atoms with Crippen LogP contribution in [0.2, 0.25) is 0 Å². The largest absolute Gasteiger partial charge is 0.494 e. The normalized spacial score (nSPS) is 15.8. The second-order valence-electron chi connectivity index (χ2n) is 7.77. The van der Waals surface area contributed by atoms with Crippen LogP contribution in [0, 0.1) is 0 Å². The maximum Gasteiger partial charge on any atom is 0.251 e. The molecule has 7 heteroatoms. The van der Waals surface area contributed by atoms with E-state index in [9.17, 15) is 9.59 Å². The molecule has 0 spiro atoms. The predicted molar refractivity (Wildman–Crippen MR) is 121 cm³/mol. The van der Waals surface area contributed by atoms with E-state index in [1.807, 2.05) is 37.3 Å². The van der Waals surface area contributed by atoms with Gasteiger partial charge in [-0.05, 0) is 43.8 Å². The Morgan fingerprint density at radius 1 is 1.00 bits per heavy atom. The van der Waals surface area contributed by atoms with Crippen molar-refractivity contribution in [1.82, 2.24) is 20.4 Å². The molecule has 1 aliphatic rings. The van der Waals surface area contributed by atoms with E-state index in [0.29, 0.717) is 17.9 Å². The number of hydrogen-bond acceptors (Lipinski definition) is 5. The van der Waals surface area contributed by atoms with Crippen LogP contribution in [0.3, 0.4) is 0 Å². The summed E-state index contributed by atoms with van der Waals surface area (Å²) < 4.78 is 5.39. The average molecular weight is 425 g/mol. The van der Waals surface area contributed by atoms with E-state index in [4.69, 9.17) is 4.74 Å². The zero-order valence-corrected chi connectivity index (χ0v) is 18.3. The van der Waals surface area contributed by atoms with Crippen molar-refractivity contribution >= 4 is 11.8 Å². The summed E-state index contributed by atoms with van der Waals surface area (Å²) >= 11 is 0. The van der Waals surface area contributed by atoms with Gasteiger partial charge < -0.3 is 20.3 Å². The third-order valence-corrected chi connectivity index (χ3v) is 5.41. The Morgan fingerprint density at radius 2 is 1.68 bits per heavy atom. The summed E-state index contributed by atoms with van der Waals surface area (Å²) in [5.41, 5.74) is 1.56. The van der Waals surface area contributed by atoms with Crippen LogP contribution in [-0.4, -0.2) is 74.5 Å². The number of benzene rings is 2. The number of amides is 2. The van der Waals surface area contributed by atoms with Crippen molar-refractivity contribution in [3.63, 3.8) is 0 Å². The van der Waals surface area contributed by atoms with Gasteiger partial charge in [-0.15, -0.1) is 0 Å². The monoisotopic (exact) mass is 424 g/mol. The number of likely N-dealkylation sites (N-methyl/N-ethyl adjacent to an activating group) is 1. The van der Waals surface area contributed by atoms with Crippen LogP contribution < -0.4 is 15.4 Å². The second kappa shape index (κ2) is 11.5. The molecule has 2 N–H and O–H groups in total. The lowest BCUT2D eigenvalue weighted by Gasteiger charge is -2.35. The molecule has 1 saturated heterocycles. The topological polar surface area (TPSA) is 73.9 Å². The maximum atomic E-state index is 12.6. The minimum atomic E-state index is -0.284. The van der Waals surface area contributed by atoms with Gasteiger partial charge in [0.05, 0.1) is 19.2 Å². The molecule has 31 heavy (non-hydrogen) atoms. The Bertz CT molecular complexity index is 834. The fourth-order valence-electron chi connectivity index (χ4n) is 3.59. The van der Waals surface area contributed by atoms with Crippen LogP contribution in [0.1, 0.15) is 28.9 Å². The Morgan fingerprint density at radius 3 is 2.32 bits per heavy atom. The first kappa shape index (κ1) is 22.8. The van der Waals surface area contributed by atoms with Crippen LogP contribution in [0.4, 0.5) is 0 Å². The first-order valence-corrected chi connectivity index (χ1v) is 10.8. The third kappa shape index (κ3) is 7.08. The van der Waals surface area contributed by atoms with Crippen molar-refractivity contribution in [3.05, 3.63) is 65.7 Å². The number of carbonyl (C=O) groups is 2. The Kier molecular flexibility index (Phi) is 8.44. The van der Waals surface area contributed by atoms with E-state index >= 15 is 0 Å². The van der Waals surface area contributed by atoms with E-state index in [-0.39, 0.29) is 24.4 Å². The molecule has 3 rings (SSSR count). The number of ether oxygens (including phenoxy) is 1. The van der Waals surface area contributed by atoms with Gasteiger partial charge in [0, 0.05) is 38.3 Å². The first-order valence-electron chi connectivity index (χ1n) is 10.8. The molecule has 2 aromatic carbocycles. The van der Waals surface area contributed by atoms with Gasteiger partial charge in [0.15, 0.2) is 0 Å². The lowest BCUT2D eigenvalue weighted by Crippen LogP contribution is -2.48. The molecule has 0 aromatic heterocycles. The summed E-state index contributed by atoms with van der Waals surface area (Å²) in [6.07, 6.45) is 0.